The molecule has 0 heterocycles. The van der Waals surface area contributed by atoms with Crippen molar-refractivity contribution in [3.8, 4) is 0 Å². The van der Waals surface area contributed by atoms with Gasteiger partial charge >= 0.3 is 0 Å². The highest BCUT2D eigenvalue weighted by Gasteiger charge is 2.12. The monoisotopic (exact) mass is 188 g/mol. The first-order valence-corrected chi connectivity index (χ1v) is 3.63. The van der Waals surface area contributed by atoms with Gasteiger partial charge in [-0.25, -0.2) is 13.2 Å². The van der Waals surface area contributed by atoms with Crippen LogP contribution < -0.4 is 0 Å². The Kier molecular flexibility index (Phi) is 2.70. The second-order valence-electron chi connectivity index (χ2n) is 2.73. The summed E-state index contributed by atoms with van der Waals surface area (Å²) in [5.41, 5.74) is -0.381. The van der Waals surface area contributed by atoms with E-state index < -0.39 is 17.5 Å². The minimum atomic E-state index is -1.02. The molecule has 0 saturated carbocycles. The zero-order valence-corrected chi connectivity index (χ0v) is 6.90. The lowest BCUT2D eigenvalue weighted by Crippen LogP contribution is -2.03. The van der Waals surface area contributed by atoms with Crippen LogP contribution in [0.25, 0.3) is 0 Å². The van der Waals surface area contributed by atoms with Crippen molar-refractivity contribution in [3.63, 3.8) is 0 Å². The molecule has 13 heavy (non-hydrogen) atoms. The van der Waals surface area contributed by atoms with E-state index in [0.717, 1.165) is 0 Å². The average molecular weight is 188 g/mol. The summed E-state index contributed by atoms with van der Waals surface area (Å²) < 4.78 is 38.1. The minimum absolute atomic E-state index is 0.349. The lowest BCUT2D eigenvalue weighted by Gasteiger charge is -2.01. The third-order valence-electron chi connectivity index (χ3n) is 1.53. The molecule has 1 rings (SSSR count). The number of hydrogen-bond acceptors (Lipinski definition) is 1. The molecule has 1 nitrogen and oxygen atoms in total. The third kappa shape index (κ3) is 2.31. The molecular weight excluding hydrogens is 181 g/mol. The van der Waals surface area contributed by atoms with Gasteiger partial charge in [0.05, 0.1) is 0 Å². The smallest absolute Gasteiger partial charge is 0.134 e. The maximum absolute atomic E-state index is 12.8. The Bertz CT molecular complexity index is 324. The Hall–Kier alpha value is -1.32. The Labute approximate surface area is 73.2 Å². The number of benzene rings is 1. The van der Waals surface area contributed by atoms with Crippen molar-refractivity contribution in [1.82, 2.24) is 0 Å². The molecule has 0 N–H and O–H groups in total. The van der Waals surface area contributed by atoms with Crippen LogP contribution in [-0.2, 0) is 11.2 Å². The first kappa shape index (κ1) is 9.77. The molecule has 0 unspecified atom stereocenters. The molecule has 70 valence electrons. The molecule has 0 spiro atoms. The van der Waals surface area contributed by atoms with E-state index in [2.05, 4.69) is 0 Å². The van der Waals surface area contributed by atoms with Gasteiger partial charge in [-0.05, 0) is 6.92 Å². The Morgan fingerprint density at radius 2 is 1.69 bits per heavy atom. The van der Waals surface area contributed by atoms with Crippen LogP contribution in [0.3, 0.4) is 0 Å². The van der Waals surface area contributed by atoms with Crippen LogP contribution in [0.2, 0.25) is 0 Å². The standard InChI is InChI=1S/C9H7F3O/c1-5(13)2-7-8(11)3-6(10)4-9(7)12/h3-4H,2H2,1H3. The van der Waals surface area contributed by atoms with E-state index in [4.69, 9.17) is 0 Å². The van der Waals surface area contributed by atoms with E-state index in [1.54, 1.807) is 0 Å². The van der Waals surface area contributed by atoms with Crippen molar-refractivity contribution in [2.45, 2.75) is 13.3 Å². The molecule has 0 radical (unpaired) electrons. The molecule has 4 heteroatoms. The van der Waals surface area contributed by atoms with Gasteiger partial charge in [-0.1, -0.05) is 0 Å². The largest absolute Gasteiger partial charge is 0.300 e. The maximum atomic E-state index is 12.8. The second-order valence-corrected chi connectivity index (χ2v) is 2.73. The predicted octanol–water partition coefficient (Wildman–Crippen LogP) is 2.24. The van der Waals surface area contributed by atoms with Crippen molar-refractivity contribution in [2.24, 2.45) is 0 Å². The number of hydrogen-bond donors (Lipinski definition) is 0. The summed E-state index contributed by atoms with van der Waals surface area (Å²) >= 11 is 0. The topological polar surface area (TPSA) is 17.1 Å². The van der Waals surface area contributed by atoms with Crippen molar-refractivity contribution >= 4 is 5.78 Å². The average Bonchev–Trinajstić information content (AvgIpc) is 1.96. The SMILES string of the molecule is CC(=O)Cc1c(F)cc(F)cc1F. The molecule has 0 atom stereocenters. The highest BCUT2D eigenvalue weighted by Crippen LogP contribution is 2.15. The summed E-state index contributed by atoms with van der Waals surface area (Å²) in [4.78, 5) is 10.6. The Balaban J connectivity index is 3.13. The van der Waals surface area contributed by atoms with Crippen LogP contribution in [0, 0.1) is 17.5 Å². The summed E-state index contributed by atoms with van der Waals surface area (Å²) in [6, 6.07) is 1.11. The predicted molar refractivity (Wildman–Crippen MR) is 40.7 cm³/mol. The highest BCUT2D eigenvalue weighted by molar-refractivity contribution is 5.78. The van der Waals surface area contributed by atoms with Gasteiger partial charge in [0.2, 0.25) is 0 Å². The molecule has 0 saturated heterocycles. The van der Waals surface area contributed by atoms with Crippen molar-refractivity contribution in [3.05, 3.63) is 35.1 Å². The maximum Gasteiger partial charge on any atom is 0.134 e. The summed E-state index contributed by atoms with van der Waals surface area (Å²) in [6.07, 6.45) is -0.349. The molecule has 0 aromatic heterocycles. The first-order valence-electron chi connectivity index (χ1n) is 3.63. The molecule has 0 fully saturated rings. The second kappa shape index (κ2) is 3.60. The number of carbonyl (C=O) groups is 1. The lowest BCUT2D eigenvalue weighted by molar-refractivity contribution is -0.116. The number of halogens is 3. The fourth-order valence-electron chi connectivity index (χ4n) is 0.990. The fraction of sp³-hybridized carbons (Fsp3) is 0.222. The van der Waals surface area contributed by atoms with E-state index in [9.17, 15) is 18.0 Å². The molecule has 0 amide bonds. The van der Waals surface area contributed by atoms with Gasteiger partial charge in [0, 0.05) is 24.1 Å². The van der Waals surface area contributed by atoms with Gasteiger partial charge in [-0.3, -0.25) is 4.79 Å². The summed E-state index contributed by atoms with van der Waals surface area (Å²) in [7, 11) is 0. The zero-order chi connectivity index (χ0) is 10.0. The summed E-state index contributed by atoms with van der Waals surface area (Å²) in [5, 5.41) is 0. The molecular formula is C9H7F3O. The highest BCUT2D eigenvalue weighted by atomic mass is 19.1. The lowest BCUT2D eigenvalue weighted by atomic mass is 10.1. The first-order chi connectivity index (χ1) is 6.00. The normalized spacial score (nSPS) is 10.2. The Morgan fingerprint density at radius 3 is 2.08 bits per heavy atom. The van der Waals surface area contributed by atoms with Crippen molar-refractivity contribution in [1.29, 1.82) is 0 Å². The Morgan fingerprint density at radius 1 is 1.23 bits per heavy atom. The van der Waals surface area contributed by atoms with Gasteiger partial charge in [0.1, 0.15) is 23.2 Å². The zero-order valence-electron chi connectivity index (χ0n) is 6.90. The van der Waals surface area contributed by atoms with Gasteiger partial charge in [-0.15, -0.1) is 0 Å². The van der Waals surface area contributed by atoms with Crippen LogP contribution >= 0.6 is 0 Å². The van der Waals surface area contributed by atoms with Crippen LogP contribution in [0.15, 0.2) is 12.1 Å². The van der Waals surface area contributed by atoms with Crippen LogP contribution in [0.5, 0.6) is 0 Å². The van der Waals surface area contributed by atoms with Gasteiger partial charge in [0.15, 0.2) is 0 Å². The van der Waals surface area contributed by atoms with E-state index in [1.807, 2.05) is 0 Å². The summed E-state index contributed by atoms with van der Waals surface area (Å²) in [5.74, 6) is -3.40. The fourth-order valence-corrected chi connectivity index (χ4v) is 0.990. The number of carbonyl (C=O) groups excluding carboxylic acids is 1. The van der Waals surface area contributed by atoms with E-state index >= 15 is 0 Å². The van der Waals surface area contributed by atoms with E-state index in [0.29, 0.717) is 12.1 Å². The molecule has 0 aliphatic rings. The number of Topliss-reactive ketones (excluding diaryl/α,β-unsaturated/α-hetero) is 1. The minimum Gasteiger partial charge on any atom is -0.300 e. The van der Waals surface area contributed by atoms with Gasteiger partial charge in [0.25, 0.3) is 0 Å². The summed E-state index contributed by atoms with van der Waals surface area (Å²) in [6.45, 7) is 1.21. The van der Waals surface area contributed by atoms with Crippen LogP contribution in [-0.4, -0.2) is 5.78 Å². The van der Waals surface area contributed by atoms with Crippen molar-refractivity contribution in [2.75, 3.05) is 0 Å². The number of ketones is 1. The van der Waals surface area contributed by atoms with E-state index in [1.165, 1.54) is 6.92 Å². The van der Waals surface area contributed by atoms with Crippen LogP contribution in [0.1, 0.15) is 12.5 Å². The quantitative estimate of drug-likeness (QED) is 0.695. The molecule has 0 bridgehead atoms. The van der Waals surface area contributed by atoms with Crippen molar-refractivity contribution < 1.29 is 18.0 Å². The van der Waals surface area contributed by atoms with Gasteiger partial charge < -0.3 is 0 Å². The molecule has 0 aliphatic carbocycles. The molecule has 1 aromatic rings. The third-order valence-corrected chi connectivity index (χ3v) is 1.53. The number of rotatable bonds is 2. The molecule has 1 aromatic carbocycles. The van der Waals surface area contributed by atoms with E-state index in [-0.39, 0.29) is 17.8 Å². The van der Waals surface area contributed by atoms with Crippen LogP contribution in [0.4, 0.5) is 13.2 Å². The van der Waals surface area contributed by atoms with Gasteiger partial charge in [-0.2, -0.15) is 0 Å². The molecule has 0 aliphatic heterocycles.